The summed E-state index contributed by atoms with van der Waals surface area (Å²) in [5, 5.41) is 2.67. The Kier molecular flexibility index (Phi) is 4.79. The Bertz CT molecular complexity index is 810. The van der Waals surface area contributed by atoms with E-state index in [9.17, 15) is 18.4 Å². The zero-order chi connectivity index (χ0) is 18.0. The molecule has 1 saturated heterocycles. The number of piperidine rings is 1. The van der Waals surface area contributed by atoms with Gasteiger partial charge in [-0.3, -0.25) is 9.59 Å². The highest BCUT2D eigenvalue weighted by atomic mass is 19.1. The maximum atomic E-state index is 14.3. The second-order valence-electron chi connectivity index (χ2n) is 6.12. The van der Waals surface area contributed by atoms with E-state index in [1.165, 1.54) is 29.2 Å². The Hall–Kier alpha value is -2.76. The SMILES string of the molecule is CN1C(=O)CC[C@H](C(=O)Nc2cccc(F)c2)[C@H]1c1ccccc1F. The highest BCUT2D eigenvalue weighted by Crippen LogP contribution is 2.37. The lowest BCUT2D eigenvalue weighted by Crippen LogP contribution is -2.44. The molecule has 2 atom stereocenters. The van der Waals surface area contributed by atoms with Crippen LogP contribution in [-0.4, -0.2) is 23.8 Å². The molecule has 2 aromatic rings. The summed E-state index contributed by atoms with van der Waals surface area (Å²) in [4.78, 5) is 26.2. The van der Waals surface area contributed by atoms with Crippen molar-refractivity contribution >= 4 is 17.5 Å². The predicted molar refractivity (Wildman–Crippen MR) is 89.7 cm³/mol. The molecule has 1 N–H and O–H groups in total. The van der Waals surface area contributed by atoms with Crippen LogP contribution in [0.3, 0.4) is 0 Å². The van der Waals surface area contributed by atoms with Gasteiger partial charge < -0.3 is 10.2 Å². The number of anilines is 1. The summed E-state index contributed by atoms with van der Waals surface area (Å²) in [5.74, 6) is -2.04. The van der Waals surface area contributed by atoms with Gasteiger partial charge in [0.1, 0.15) is 11.6 Å². The van der Waals surface area contributed by atoms with Crippen molar-refractivity contribution in [2.24, 2.45) is 5.92 Å². The van der Waals surface area contributed by atoms with E-state index in [-0.39, 0.29) is 18.2 Å². The van der Waals surface area contributed by atoms with Crippen LogP contribution >= 0.6 is 0 Å². The molecular formula is C19H18F2N2O2. The zero-order valence-corrected chi connectivity index (χ0v) is 13.7. The van der Waals surface area contributed by atoms with Crippen LogP contribution in [0.1, 0.15) is 24.4 Å². The van der Waals surface area contributed by atoms with Gasteiger partial charge in [0.15, 0.2) is 0 Å². The molecular weight excluding hydrogens is 326 g/mol. The number of halogens is 2. The number of amides is 2. The molecule has 25 heavy (non-hydrogen) atoms. The molecule has 1 aliphatic rings. The van der Waals surface area contributed by atoms with Crippen LogP contribution in [0.5, 0.6) is 0 Å². The number of benzene rings is 2. The number of likely N-dealkylation sites (tertiary alicyclic amines) is 1. The number of hydrogen-bond donors (Lipinski definition) is 1. The van der Waals surface area contributed by atoms with Crippen LogP contribution in [0.15, 0.2) is 48.5 Å². The summed E-state index contributed by atoms with van der Waals surface area (Å²) in [6.07, 6.45) is 0.520. The topological polar surface area (TPSA) is 49.4 Å². The van der Waals surface area contributed by atoms with Crippen LogP contribution in [0.25, 0.3) is 0 Å². The third-order valence-electron chi connectivity index (χ3n) is 4.51. The zero-order valence-electron chi connectivity index (χ0n) is 13.7. The van der Waals surface area contributed by atoms with Gasteiger partial charge in [-0.1, -0.05) is 24.3 Å². The fraction of sp³-hybridized carbons (Fsp3) is 0.263. The summed E-state index contributed by atoms with van der Waals surface area (Å²) >= 11 is 0. The van der Waals surface area contributed by atoms with E-state index in [0.29, 0.717) is 17.7 Å². The largest absolute Gasteiger partial charge is 0.338 e. The van der Waals surface area contributed by atoms with Gasteiger partial charge >= 0.3 is 0 Å². The Balaban J connectivity index is 1.90. The number of hydrogen-bond acceptors (Lipinski definition) is 2. The van der Waals surface area contributed by atoms with E-state index in [4.69, 9.17) is 0 Å². The maximum Gasteiger partial charge on any atom is 0.229 e. The number of carbonyl (C=O) groups is 2. The normalized spacial score (nSPS) is 20.4. The van der Waals surface area contributed by atoms with Crippen LogP contribution in [0.4, 0.5) is 14.5 Å². The van der Waals surface area contributed by atoms with Crippen molar-refractivity contribution in [1.82, 2.24) is 4.90 Å². The van der Waals surface area contributed by atoms with Gasteiger partial charge in [0.25, 0.3) is 0 Å². The summed E-state index contributed by atoms with van der Waals surface area (Å²) in [6.45, 7) is 0. The van der Waals surface area contributed by atoms with Gasteiger partial charge in [-0.25, -0.2) is 8.78 Å². The van der Waals surface area contributed by atoms with E-state index in [1.54, 1.807) is 31.3 Å². The molecule has 0 bridgehead atoms. The molecule has 0 aromatic heterocycles. The minimum atomic E-state index is -0.698. The van der Waals surface area contributed by atoms with Gasteiger partial charge in [-0.05, 0) is 30.7 Å². The standard InChI is InChI=1S/C19H18F2N2O2/c1-23-17(24)10-9-15(18(23)14-7-2-3-8-16(14)21)19(25)22-13-6-4-5-12(20)11-13/h2-8,11,15,18H,9-10H2,1H3,(H,22,25)/t15-,18+/m0/s1. The molecule has 130 valence electrons. The molecule has 0 unspecified atom stereocenters. The van der Waals surface area contributed by atoms with E-state index >= 15 is 0 Å². The maximum absolute atomic E-state index is 14.3. The minimum Gasteiger partial charge on any atom is -0.338 e. The predicted octanol–water partition coefficient (Wildman–Crippen LogP) is 3.51. The van der Waals surface area contributed by atoms with Gasteiger partial charge in [0.05, 0.1) is 12.0 Å². The molecule has 3 rings (SSSR count). The van der Waals surface area contributed by atoms with Crippen LogP contribution < -0.4 is 5.32 Å². The quantitative estimate of drug-likeness (QED) is 0.926. The molecule has 0 saturated carbocycles. The third-order valence-corrected chi connectivity index (χ3v) is 4.51. The second-order valence-corrected chi connectivity index (χ2v) is 6.12. The van der Waals surface area contributed by atoms with Crippen LogP contribution in [0.2, 0.25) is 0 Å². The average molecular weight is 344 g/mol. The second kappa shape index (κ2) is 7.01. The first-order chi connectivity index (χ1) is 12.0. The van der Waals surface area contributed by atoms with E-state index in [2.05, 4.69) is 5.32 Å². The Morgan fingerprint density at radius 3 is 2.64 bits per heavy atom. The van der Waals surface area contributed by atoms with E-state index in [1.807, 2.05) is 0 Å². The van der Waals surface area contributed by atoms with Crippen LogP contribution in [0, 0.1) is 17.6 Å². The molecule has 4 nitrogen and oxygen atoms in total. The average Bonchev–Trinajstić information content (AvgIpc) is 2.58. The van der Waals surface area contributed by atoms with Gasteiger partial charge in [0, 0.05) is 24.7 Å². The first-order valence-corrected chi connectivity index (χ1v) is 8.04. The number of carbonyl (C=O) groups excluding carboxylic acids is 2. The van der Waals surface area contributed by atoms with E-state index < -0.39 is 23.6 Å². The Morgan fingerprint density at radius 2 is 1.92 bits per heavy atom. The lowest BCUT2D eigenvalue weighted by molar-refractivity contribution is -0.140. The molecule has 0 aliphatic carbocycles. The fourth-order valence-electron chi connectivity index (χ4n) is 3.25. The highest BCUT2D eigenvalue weighted by Gasteiger charge is 2.40. The molecule has 2 aromatic carbocycles. The lowest BCUT2D eigenvalue weighted by Gasteiger charge is -2.38. The van der Waals surface area contributed by atoms with Crippen LogP contribution in [-0.2, 0) is 9.59 Å². The molecule has 1 heterocycles. The minimum absolute atomic E-state index is 0.136. The van der Waals surface area contributed by atoms with Crippen molar-refractivity contribution in [3.05, 3.63) is 65.7 Å². The Morgan fingerprint density at radius 1 is 1.16 bits per heavy atom. The third kappa shape index (κ3) is 3.52. The molecule has 1 fully saturated rings. The van der Waals surface area contributed by atoms with Crippen molar-refractivity contribution in [3.63, 3.8) is 0 Å². The monoisotopic (exact) mass is 344 g/mol. The first-order valence-electron chi connectivity index (χ1n) is 8.04. The summed E-state index contributed by atoms with van der Waals surface area (Å²) < 4.78 is 27.6. The smallest absolute Gasteiger partial charge is 0.229 e. The van der Waals surface area contributed by atoms with Gasteiger partial charge in [-0.2, -0.15) is 0 Å². The summed E-state index contributed by atoms with van der Waals surface area (Å²) in [5.41, 5.74) is 0.634. The van der Waals surface area contributed by atoms with Crippen molar-refractivity contribution in [2.75, 3.05) is 12.4 Å². The molecule has 1 aliphatic heterocycles. The molecule has 0 spiro atoms. The molecule has 0 radical (unpaired) electrons. The summed E-state index contributed by atoms with van der Waals surface area (Å²) in [6, 6.07) is 11.0. The fourth-order valence-corrected chi connectivity index (χ4v) is 3.25. The number of nitrogens with one attached hydrogen (secondary N) is 1. The van der Waals surface area contributed by atoms with E-state index in [0.717, 1.165) is 0 Å². The van der Waals surface area contributed by atoms with Gasteiger partial charge in [-0.15, -0.1) is 0 Å². The first kappa shape index (κ1) is 17.1. The summed E-state index contributed by atoms with van der Waals surface area (Å²) in [7, 11) is 1.57. The van der Waals surface area contributed by atoms with Crippen molar-refractivity contribution in [1.29, 1.82) is 0 Å². The number of nitrogens with zero attached hydrogens (tertiary/aromatic N) is 1. The lowest BCUT2D eigenvalue weighted by atomic mass is 9.83. The van der Waals surface area contributed by atoms with Crippen molar-refractivity contribution in [2.45, 2.75) is 18.9 Å². The number of rotatable bonds is 3. The van der Waals surface area contributed by atoms with Crippen molar-refractivity contribution < 1.29 is 18.4 Å². The Labute approximate surface area is 144 Å². The molecule has 6 heteroatoms. The van der Waals surface area contributed by atoms with Crippen molar-refractivity contribution in [3.8, 4) is 0 Å². The van der Waals surface area contributed by atoms with Gasteiger partial charge in [0.2, 0.25) is 11.8 Å². The highest BCUT2D eigenvalue weighted by molar-refractivity contribution is 5.94. The molecule has 2 amide bonds.